The first-order chi connectivity index (χ1) is 13.5. The van der Waals surface area contributed by atoms with E-state index in [1.807, 2.05) is 59.8 Å². The van der Waals surface area contributed by atoms with Gasteiger partial charge < -0.3 is 14.8 Å². The minimum atomic E-state index is -0.175. The average molecular weight is 376 g/mol. The second-order valence-electron chi connectivity index (χ2n) is 7.34. The topological polar surface area (TPSA) is 67.2 Å². The molecule has 0 aliphatic carbocycles. The Kier molecular flexibility index (Phi) is 4.86. The molecule has 2 amide bonds. The number of anilines is 1. The maximum absolute atomic E-state index is 12.6. The van der Waals surface area contributed by atoms with Crippen LogP contribution in [0.2, 0.25) is 0 Å². The van der Waals surface area contributed by atoms with Crippen molar-refractivity contribution in [2.75, 3.05) is 18.4 Å². The molecule has 1 saturated heterocycles. The van der Waals surface area contributed by atoms with Gasteiger partial charge in [-0.1, -0.05) is 12.1 Å². The molecule has 0 spiro atoms. The van der Waals surface area contributed by atoms with E-state index < -0.39 is 0 Å². The van der Waals surface area contributed by atoms with Crippen LogP contribution in [-0.4, -0.2) is 39.4 Å². The zero-order valence-corrected chi connectivity index (χ0v) is 16.2. The predicted octanol–water partition coefficient (Wildman–Crippen LogP) is 3.30. The summed E-state index contributed by atoms with van der Waals surface area (Å²) < 4.78 is 2.00. The Morgan fingerprint density at radius 3 is 2.50 bits per heavy atom. The summed E-state index contributed by atoms with van der Waals surface area (Å²) in [7, 11) is 1.96. The minimum absolute atomic E-state index is 0.174. The zero-order chi connectivity index (χ0) is 19.7. The number of hydrogen-bond donors (Lipinski definition) is 1. The standard InChI is InChI=1S/C22H24N4O2/c1-15-23-19-14-17(7-10-20(19)25(15)2)22(28)24-18-8-5-16(6-9-18)13-21(27)26-11-3-4-12-26/h5-10,14H,3-4,11-13H2,1-2H3,(H,24,28). The number of fused-ring (bicyclic) bond motifs is 1. The van der Waals surface area contributed by atoms with Crippen molar-refractivity contribution in [2.45, 2.75) is 26.2 Å². The van der Waals surface area contributed by atoms with Gasteiger partial charge in [-0.3, -0.25) is 9.59 Å². The Balaban J connectivity index is 1.42. The molecule has 6 nitrogen and oxygen atoms in total. The summed E-state index contributed by atoms with van der Waals surface area (Å²) in [6.45, 7) is 3.68. The fourth-order valence-electron chi connectivity index (χ4n) is 3.62. The first-order valence-corrected chi connectivity index (χ1v) is 9.62. The van der Waals surface area contributed by atoms with Gasteiger partial charge >= 0.3 is 0 Å². The lowest BCUT2D eigenvalue weighted by Gasteiger charge is -2.15. The third kappa shape index (κ3) is 3.63. The van der Waals surface area contributed by atoms with Crippen LogP contribution >= 0.6 is 0 Å². The van der Waals surface area contributed by atoms with Crippen LogP contribution in [0.25, 0.3) is 11.0 Å². The third-order valence-corrected chi connectivity index (χ3v) is 5.39. The normalized spacial score (nSPS) is 13.9. The van der Waals surface area contributed by atoms with E-state index in [1.165, 1.54) is 0 Å². The van der Waals surface area contributed by atoms with E-state index >= 15 is 0 Å². The maximum Gasteiger partial charge on any atom is 0.255 e. The van der Waals surface area contributed by atoms with Crippen LogP contribution in [-0.2, 0) is 18.3 Å². The molecular weight excluding hydrogens is 352 g/mol. The quantitative estimate of drug-likeness (QED) is 0.760. The van der Waals surface area contributed by atoms with Crippen LogP contribution in [0, 0.1) is 6.92 Å². The molecule has 144 valence electrons. The minimum Gasteiger partial charge on any atom is -0.342 e. The van der Waals surface area contributed by atoms with Crippen molar-refractivity contribution in [1.82, 2.24) is 14.5 Å². The highest BCUT2D eigenvalue weighted by Gasteiger charge is 2.18. The summed E-state index contributed by atoms with van der Waals surface area (Å²) in [6.07, 6.45) is 2.60. The second kappa shape index (κ2) is 7.46. The second-order valence-corrected chi connectivity index (χ2v) is 7.34. The number of imidazole rings is 1. The fourth-order valence-corrected chi connectivity index (χ4v) is 3.62. The first-order valence-electron chi connectivity index (χ1n) is 9.62. The van der Waals surface area contributed by atoms with E-state index in [1.54, 1.807) is 6.07 Å². The van der Waals surface area contributed by atoms with Crippen molar-refractivity contribution >= 4 is 28.5 Å². The summed E-state index contributed by atoms with van der Waals surface area (Å²) in [5.41, 5.74) is 4.04. The number of nitrogens with zero attached hydrogens (tertiary/aromatic N) is 3. The van der Waals surface area contributed by atoms with Gasteiger partial charge in [-0.15, -0.1) is 0 Å². The number of carbonyl (C=O) groups excluding carboxylic acids is 2. The van der Waals surface area contributed by atoms with Crippen molar-refractivity contribution in [1.29, 1.82) is 0 Å². The fraction of sp³-hybridized carbons (Fsp3) is 0.318. The SMILES string of the molecule is Cc1nc2cc(C(=O)Nc3ccc(CC(=O)N4CCCC4)cc3)ccc2n1C. The number of rotatable bonds is 4. The third-order valence-electron chi connectivity index (χ3n) is 5.39. The molecule has 2 aromatic carbocycles. The largest absolute Gasteiger partial charge is 0.342 e. The van der Waals surface area contributed by atoms with Gasteiger partial charge in [-0.05, 0) is 55.7 Å². The Hall–Kier alpha value is -3.15. The van der Waals surface area contributed by atoms with E-state index in [4.69, 9.17) is 0 Å². The molecule has 2 heterocycles. The number of carbonyl (C=O) groups is 2. The molecule has 0 radical (unpaired) electrons. The molecule has 1 N–H and O–H groups in total. The summed E-state index contributed by atoms with van der Waals surface area (Å²) in [4.78, 5) is 31.2. The van der Waals surface area contributed by atoms with Gasteiger partial charge in [0.05, 0.1) is 17.5 Å². The molecule has 1 fully saturated rings. The van der Waals surface area contributed by atoms with Gasteiger partial charge in [0.1, 0.15) is 5.82 Å². The van der Waals surface area contributed by atoms with Crippen LogP contribution in [0.3, 0.4) is 0 Å². The van der Waals surface area contributed by atoms with Crippen LogP contribution in [0.15, 0.2) is 42.5 Å². The highest BCUT2D eigenvalue weighted by molar-refractivity contribution is 6.06. The summed E-state index contributed by atoms with van der Waals surface area (Å²) in [6, 6.07) is 13.0. The highest BCUT2D eigenvalue weighted by Crippen LogP contribution is 2.18. The molecule has 28 heavy (non-hydrogen) atoms. The lowest BCUT2D eigenvalue weighted by atomic mass is 10.1. The summed E-state index contributed by atoms with van der Waals surface area (Å²) in [5.74, 6) is 0.908. The zero-order valence-electron chi connectivity index (χ0n) is 16.2. The molecule has 1 aromatic heterocycles. The molecule has 1 aliphatic heterocycles. The summed E-state index contributed by atoms with van der Waals surface area (Å²) in [5, 5.41) is 2.91. The Morgan fingerprint density at radius 2 is 1.79 bits per heavy atom. The molecule has 0 bridgehead atoms. The lowest BCUT2D eigenvalue weighted by molar-refractivity contribution is -0.129. The van der Waals surface area contributed by atoms with E-state index in [0.717, 1.165) is 48.4 Å². The van der Waals surface area contributed by atoms with Gasteiger partial charge in [-0.2, -0.15) is 0 Å². The van der Waals surface area contributed by atoms with Crippen molar-refractivity contribution in [3.8, 4) is 0 Å². The molecule has 3 aromatic rings. The molecule has 0 unspecified atom stereocenters. The molecule has 1 aliphatic rings. The molecule has 4 rings (SSSR count). The van der Waals surface area contributed by atoms with Crippen molar-refractivity contribution < 1.29 is 9.59 Å². The number of amides is 2. The average Bonchev–Trinajstić information content (AvgIpc) is 3.32. The summed E-state index contributed by atoms with van der Waals surface area (Å²) >= 11 is 0. The predicted molar refractivity (Wildman–Crippen MR) is 109 cm³/mol. The van der Waals surface area contributed by atoms with Gasteiger partial charge in [0, 0.05) is 31.4 Å². The Morgan fingerprint density at radius 1 is 1.07 bits per heavy atom. The first kappa shape index (κ1) is 18.2. The Labute approximate surface area is 164 Å². The number of aromatic nitrogens is 2. The van der Waals surface area contributed by atoms with Gasteiger partial charge in [0.2, 0.25) is 5.91 Å². The van der Waals surface area contributed by atoms with Crippen molar-refractivity contribution in [2.24, 2.45) is 7.05 Å². The number of benzene rings is 2. The number of aryl methyl sites for hydroxylation is 2. The van der Waals surface area contributed by atoms with Crippen LogP contribution in [0.1, 0.15) is 34.6 Å². The van der Waals surface area contributed by atoms with Crippen LogP contribution < -0.4 is 5.32 Å². The van der Waals surface area contributed by atoms with Gasteiger partial charge in [-0.25, -0.2) is 4.98 Å². The van der Waals surface area contributed by atoms with Crippen molar-refractivity contribution in [3.05, 3.63) is 59.4 Å². The van der Waals surface area contributed by atoms with E-state index in [2.05, 4.69) is 10.3 Å². The van der Waals surface area contributed by atoms with Crippen LogP contribution in [0.5, 0.6) is 0 Å². The molecule has 0 saturated carbocycles. The highest BCUT2D eigenvalue weighted by atomic mass is 16.2. The van der Waals surface area contributed by atoms with E-state index in [0.29, 0.717) is 17.7 Å². The molecule has 6 heteroatoms. The number of likely N-dealkylation sites (tertiary alicyclic amines) is 1. The Bertz CT molecular complexity index is 1030. The smallest absolute Gasteiger partial charge is 0.255 e. The van der Waals surface area contributed by atoms with Crippen molar-refractivity contribution in [3.63, 3.8) is 0 Å². The van der Waals surface area contributed by atoms with E-state index in [-0.39, 0.29) is 11.8 Å². The monoisotopic (exact) mass is 376 g/mol. The molecular formula is C22H24N4O2. The van der Waals surface area contributed by atoms with Gasteiger partial charge in [0.25, 0.3) is 5.91 Å². The maximum atomic E-state index is 12.6. The number of hydrogen-bond acceptors (Lipinski definition) is 3. The van der Waals surface area contributed by atoms with E-state index in [9.17, 15) is 9.59 Å². The lowest BCUT2D eigenvalue weighted by Crippen LogP contribution is -2.29. The molecule has 0 atom stereocenters. The van der Waals surface area contributed by atoms with Gasteiger partial charge in [0.15, 0.2) is 0 Å². The number of nitrogens with one attached hydrogen (secondary N) is 1. The van der Waals surface area contributed by atoms with Crippen LogP contribution in [0.4, 0.5) is 5.69 Å².